The second kappa shape index (κ2) is 10.5. The number of amides is 1. The van der Waals surface area contributed by atoms with Crippen molar-refractivity contribution in [1.29, 1.82) is 0 Å². The summed E-state index contributed by atoms with van der Waals surface area (Å²) in [5, 5.41) is 10.2. The summed E-state index contributed by atoms with van der Waals surface area (Å²) in [6.45, 7) is 12.0. The Hall–Kier alpha value is -4.48. The molecule has 3 heterocycles. The number of ether oxygens (including phenoxy) is 1. The van der Waals surface area contributed by atoms with Crippen LogP contribution < -0.4 is 9.64 Å². The summed E-state index contributed by atoms with van der Waals surface area (Å²) in [6, 6.07) is 17.4. The fourth-order valence-corrected chi connectivity index (χ4v) is 5.39. The van der Waals surface area contributed by atoms with Crippen LogP contribution in [0.15, 0.2) is 67.0 Å². The van der Waals surface area contributed by atoms with Crippen LogP contribution in [0, 0.1) is 6.57 Å². The summed E-state index contributed by atoms with van der Waals surface area (Å²) in [5.74, 6) is 1.32. The Balaban J connectivity index is 1.45. The molecule has 38 heavy (non-hydrogen) atoms. The lowest BCUT2D eigenvalue weighted by Crippen LogP contribution is -2.59. The first-order valence-electron chi connectivity index (χ1n) is 12.5. The second-order valence-electron chi connectivity index (χ2n) is 9.53. The van der Waals surface area contributed by atoms with Gasteiger partial charge in [-0.3, -0.25) is 9.78 Å². The van der Waals surface area contributed by atoms with Crippen molar-refractivity contribution in [2.24, 2.45) is 0 Å². The van der Waals surface area contributed by atoms with Crippen molar-refractivity contribution >= 4 is 28.3 Å². The lowest BCUT2D eigenvalue weighted by atomic mass is 9.99. The SMILES string of the molecule is [C-]#[N+]c1ccc(-c2cccc3c(OC)c(-c4ccc(N5C[C@@H](C)N(C(=O)CO)[C@@H](C)C5)nc4)cnc23)cc1. The van der Waals surface area contributed by atoms with Crippen molar-refractivity contribution in [2.45, 2.75) is 25.9 Å². The number of hydrogen-bond acceptors (Lipinski definition) is 6. The number of carbonyl (C=O) groups excluding carboxylic acids is 1. The Labute approximate surface area is 222 Å². The third-order valence-electron chi connectivity index (χ3n) is 7.08. The Kier molecular flexibility index (Phi) is 6.95. The standard InChI is InChI=1S/C30H29N5O3/c1-19-16-34(17-20(2)35(19)28(37)18-36)27-13-10-22(14-32-27)26-15-33-29-24(6-5-7-25(29)30(26)38-4)21-8-11-23(31-3)12-9-21/h5-15,19-20,36H,16-18H2,1-2,4H3/t19-,20+. The number of methoxy groups -OCH3 is 1. The molecule has 2 aromatic carbocycles. The molecular formula is C30H29N5O3. The second-order valence-corrected chi connectivity index (χ2v) is 9.53. The number of fused-ring (bicyclic) bond motifs is 1. The third kappa shape index (κ3) is 4.53. The van der Waals surface area contributed by atoms with Gasteiger partial charge in [-0.25, -0.2) is 9.83 Å². The molecule has 0 spiro atoms. The largest absolute Gasteiger partial charge is 0.495 e. The number of benzene rings is 2. The van der Waals surface area contributed by atoms with E-state index in [1.807, 2.05) is 80.8 Å². The molecule has 4 aromatic rings. The number of piperazine rings is 1. The van der Waals surface area contributed by atoms with Crippen molar-refractivity contribution in [3.8, 4) is 28.0 Å². The van der Waals surface area contributed by atoms with Gasteiger partial charge in [-0.2, -0.15) is 0 Å². The number of hydrogen-bond donors (Lipinski definition) is 1. The molecule has 1 aliphatic heterocycles. The van der Waals surface area contributed by atoms with Gasteiger partial charge in [-0.05, 0) is 37.6 Å². The zero-order valence-electron chi connectivity index (χ0n) is 21.6. The van der Waals surface area contributed by atoms with Crippen LogP contribution in [0.25, 0.3) is 38.0 Å². The summed E-state index contributed by atoms with van der Waals surface area (Å²) < 4.78 is 5.88. The average molecular weight is 508 g/mol. The van der Waals surface area contributed by atoms with Gasteiger partial charge in [-0.1, -0.05) is 36.4 Å². The molecular weight excluding hydrogens is 478 g/mol. The van der Waals surface area contributed by atoms with E-state index in [-0.39, 0.29) is 18.0 Å². The molecule has 8 heteroatoms. The highest BCUT2D eigenvalue weighted by Crippen LogP contribution is 2.39. The number of aromatic nitrogens is 2. The highest BCUT2D eigenvalue weighted by atomic mass is 16.5. The molecule has 2 aromatic heterocycles. The van der Waals surface area contributed by atoms with E-state index in [1.165, 1.54) is 0 Å². The summed E-state index contributed by atoms with van der Waals surface area (Å²) in [5.41, 5.74) is 5.12. The zero-order valence-corrected chi connectivity index (χ0v) is 21.6. The Morgan fingerprint density at radius 2 is 1.71 bits per heavy atom. The van der Waals surface area contributed by atoms with E-state index in [2.05, 4.69) is 9.74 Å². The van der Waals surface area contributed by atoms with Gasteiger partial charge in [0.25, 0.3) is 0 Å². The molecule has 1 N–H and O–H groups in total. The predicted molar refractivity (Wildman–Crippen MR) is 148 cm³/mol. The highest BCUT2D eigenvalue weighted by molar-refractivity contribution is 6.00. The number of para-hydroxylation sites is 1. The zero-order chi connectivity index (χ0) is 26.8. The van der Waals surface area contributed by atoms with Crippen molar-refractivity contribution in [2.75, 3.05) is 31.7 Å². The molecule has 192 valence electrons. The number of nitrogens with zero attached hydrogens (tertiary/aromatic N) is 5. The Bertz CT molecular complexity index is 1500. The van der Waals surface area contributed by atoms with Crippen LogP contribution in [0.3, 0.4) is 0 Å². The quantitative estimate of drug-likeness (QED) is 0.385. The van der Waals surface area contributed by atoms with E-state index in [4.69, 9.17) is 21.3 Å². The van der Waals surface area contributed by atoms with Gasteiger partial charge in [-0.15, -0.1) is 0 Å². The van der Waals surface area contributed by atoms with E-state index in [9.17, 15) is 9.90 Å². The molecule has 0 saturated carbocycles. The minimum atomic E-state index is -0.473. The van der Waals surface area contributed by atoms with Gasteiger partial charge in [0, 0.05) is 59.6 Å². The summed E-state index contributed by atoms with van der Waals surface area (Å²) in [6.07, 6.45) is 3.65. The molecule has 8 nitrogen and oxygen atoms in total. The lowest BCUT2D eigenvalue weighted by molar-refractivity contribution is -0.139. The average Bonchev–Trinajstić information content (AvgIpc) is 2.95. The molecule has 0 radical (unpaired) electrons. The van der Waals surface area contributed by atoms with Crippen LogP contribution in [0.5, 0.6) is 5.75 Å². The monoisotopic (exact) mass is 507 g/mol. The predicted octanol–water partition coefficient (Wildman–Crippen LogP) is 4.94. The maximum atomic E-state index is 12.1. The molecule has 1 amide bonds. The van der Waals surface area contributed by atoms with Crippen molar-refractivity contribution < 1.29 is 14.6 Å². The number of carbonyl (C=O) groups is 1. The van der Waals surface area contributed by atoms with Crippen molar-refractivity contribution in [3.63, 3.8) is 0 Å². The number of pyridine rings is 2. The van der Waals surface area contributed by atoms with Crippen LogP contribution in [0.4, 0.5) is 11.5 Å². The van der Waals surface area contributed by atoms with Gasteiger partial charge in [0.15, 0.2) is 5.69 Å². The first kappa shape index (κ1) is 25.2. The molecule has 0 unspecified atom stereocenters. The van der Waals surface area contributed by atoms with Gasteiger partial charge in [0.2, 0.25) is 5.91 Å². The number of aliphatic hydroxyl groups excluding tert-OH is 1. The van der Waals surface area contributed by atoms with E-state index < -0.39 is 6.61 Å². The molecule has 1 aliphatic rings. The maximum absolute atomic E-state index is 12.1. The molecule has 1 fully saturated rings. The molecule has 5 rings (SSSR count). The summed E-state index contributed by atoms with van der Waals surface area (Å²) in [4.78, 5) is 29.1. The van der Waals surface area contributed by atoms with Gasteiger partial charge < -0.3 is 19.6 Å². The molecule has 0 aliphatic carbocycles. The highest BCUT2D eigenvalue weighted by Gasteiger charge is 2.33. The third-order valence-corrected chi connectivity index (χ3v) is 7.08. The van der Waals surface area contributed by atoms with Crippen molar-refractivity contribution in [3.05, 3.63) is 78.4 Å². The number of aliphatic hydroxyl groups is 1. The minimum Gasteiger partial charge on any atom is -0.495 e. The van der Waals surface area contributed by atoms with E-state index >= 15 is 0 Å². The van der Waals surface area contributed by atoms with Crippen LogP contribution in [-0.4, -0.2) is 64.8 Å². The van der Waals surface area contributed by atoms with Gasteiger partial charge in [0.05, 0.1) is 19.2 Å². The topological polar surface area (TPSA) is 83.2 Å². The van der Waals surface area contributed by atoms with Gasteiger partial charge >= 0.3 is 0 Å². The van der Waals surface area contributed by atoms with Crippen LogP contribution in [-0.2, 0) is 4.79 Å². The Morgan fingerprint density at radius 1 is 1.00 bits per heavy atom. The molecule has 0 bridgehead atoms. The van der Waals surface area contributed by atoms with Crippen LogP contribution in [0.2, 0.25) is 0 Å². The minimum absolute atomic E-state index is 0.0311. The van der Waals surface area contributed by atoms with E-state index in [1.54, 1.807) is 12.0 Å². The van der Waals surface area contributed by atoms with E-state index in [0.29, 0.717) is 18.8 Å². The smallest absolute Gasteiger partial charge is 0.248 e. The lowest BCUT2D eigenvalue weighted by Gasteiger charge is -2.44. The molecule has 2 atom stereocenters. The van der Waals surface area contributed by atoms with Crippen LogP contribution in [0.1, 0.15) is 13.8 Å². The van der Waals surface area contributed by atoms with Crippen LogP contribution >= 0.6 is 0 Å². The summed E-state index contributed by atoms with van der Waals surface area (Å²) in [7, 11) is 1.66. The fraction of sp³-hybridized carbons (Fsp3) is 0.267. The fourth-order valence-electron chi connectivity index (χ4n) is 5.39. The molecule has 1 saturated heterocycles. The Morgan fingerprint density at radius 3 is 2.32 bits per heavy atom. The summed E-state index contributed by atoms with van der Waals surface area (Å²) >= 11 is 0. The first-order chi connectivity index (χ1) is 18.4. The normalized spacial score (nSPS) is 17.3. The first-order valence-corrected chi connectivity index (χ1v) is 12.5. The van der Waals surface area contributed by atoms with Crippen molar-refractivity contribution in [1.82, 2.24) is 14.9 Å². The number of anilines is 1. The maximum Gasteiger partial charge on any atom is 0.248 e. The van der Waals surface area contributed by atoms with E-state index in [0.717, 1.165) is 44.7 Å². The number of rotatable bonds is 5. The van der Waals surface area contributed by atoms with Gasteiger partial charge in [0.1, 0.15) is 18.2 Å².